The Hall–Kier alpha value is -3.23. The number of piperidine rings is 1. The van der Waals surface area contributed by atoms with E-state index in [1.54, 1.807) is 32.9 Å². The van der Waals surface area contributed by atoms with E-state index in [1.807, 2.05) is 30.1 Å². The Bertz CT molecular complexity index is 1030. The van der Waals surface area contributed by atoms with Crippen LogP contribution in [-0.2, 0) is 13.6 Å². The molecule has 0 aliphatic carbocycles. The maximum Gasteiger partial charge on any atom is 0.263 e. The first kappa shape index (κ1) is 16.9. The van der Waals surface area contributed by atoms with Gasteiger partial charge in [-0.1, -0.05) is 0 Å². The number of pyridine rings is 1. The standard InChI is InChI=1S/C19H20FN7O/c1-24-8-6-18(23-24)26-12-16-15(19(26)28)11-27(22-16)14-4-5-17(21-9-14)25-7-2-3-13(20)10-25/h4-6,8-9,11,13H,2-3,7,10,12H2,1H3/t13-/m0/s1. The molecule has 3 aromatic rings. The summed E-state index contributed by atoms with van der Waals surface area (Å²) >= 11 is 0. The fourth-order valence-corrected chi connectivity index (χ4v) is 3.77. The fourth-order valence-electron chi connectivity index (χ4n) is 3.77. The largest absolute Gasteiger partial charge is 0.354 e. The van der Waals surface area contributed by atoms with Crippen molar-refractivity contribution in [3.8, 4) is 5.69 Å². The molecule has 2 aliphatic rings. The number of hydrogen-bond donors (Lipinski definition) is 0. The van der Waals surface area contributed by atoms with E-state index in [1.165, 1.54) is 0 Å². The molecule has 2 aliphatic heterocycles. The lowest BCUT2D eigenvalue weighted by Crippen LogP contribution is -2.36. The van der Waals surface area contributed by atoms with E-state index in [0.717, 1.165) is 30.2 Å². The van der Waals surface area contributed by atoms with Gasteiger partial charge in [-0.15, -0.1) is 0 Å². The quantitative estimate of drug-likeness (QED) is 0.695. The predicted octanol–water partition coefficient (Wildman–Crippen LogP) is 2.10. The number of carbonyl (C=O) groups excluding carboxylic acids is 1. The number of aryl methyl sites for hydroxylation is 1. The first-order valence-electron chi connectivity index (χ1n) is 9.34. The number of rotatable bonds is 3. The van der Waals surface area contributed by atoms with Crippen molar-refractivity contribution in [3.63, 3.8) is 0 Å². The molecule has 0 aromatic carbocycles. The van der Waals surface area contributed by atoms with Crippen molar-refractivity contribution in [1.82, 2.24) is 24.5 Å². The molecule has 0 unspecified atom stereocenters. The molecule has 0 bridgehead atoms. The van der Waals surface area contributed by atoms with Crippen molar-refractivity contribution in [1.29, 1.82) is 0 Å². The molecular formula is C19H20FN7O. The average molecular weight is 381 g/mol. The Morgan fingerprint density at radius 2 is 2.07 bits per heavy atom. The van der Waals surface area contributed by atoms with Gasteiger partial charge >= 0.3 is 0 Å². The van der Waals surface area contributed by atoms with Crippen molar-refractivity contribution < 1.29 is 9.18 Å². The van der Waals surface area contributed by atoms with Crippen molar-refractivity contribution in [3.05, 3.63) is 48.0 Å². The van der Waals surface area contributed by atoms with Gasteiger partial charge in [0.15, 0.2) is 5.82 Å². The van der Waals surface area contributed by atoms with Gasteiger partial charge in [-0.05, 0) is 25.0 Å². The van der Waals surface area contributed by atoms with E-state index in [0.29, 0.717) is 30.9 Å². The lowest BCUT2D eigenvalue weighted by molar-refractivity contribution is 0.0995. The van der Waals surface area contributed by atoms with Crippen LogP contribution in [0.25, 0.3) is 5.69 Å². The van der Waals surface area contributed by atoms with Gasteiger partial charge < -0.3 is 4.90 Å². The summed E-state index contributed by atoms with van der Waals surface area (Å²) in [5.74, 6) is 1.28. The van der Waals surface area contributed by atoms with Crippen molar-refractivity contribution in [2.24, 2.45) is 7.05 Å². The SMILES string of the molecule is Cn1ccc(N2Cc3nn(-c4ccc(N5CCC[C@H](F)C5)nc4)cc3C2=O)n1. The topological polar surface area (TPSA) is 72.1 Å². The minimum atomic E-state index is -0.794. The molecule has 1 fully saturated rings. The van der Waals surface area contributed by atoms with Crippen LogP contribution in [0.15, 0.2) is 36.8 Å². The zero-order chi connectivity index (χ0) is 19.3. The Kier molecular flexibility index (Phi) is 3.88. The summed E-state index contributed by atoms with van der Waals surface area (Å²) in [4.78, 5) is 20.8. The van der Waals surface area contributed by atoms with Gasteiger partial charge in [-0.2, -0.15) is 10.2 Å². The number of anilines is 2. The number of aromatic nitrogens is 5. The molecule has 144 valence electrons. The second-order valence-corrected chi connectivity index (χ2v) is 7.23. The Morgan fingerprint density at radius 3 is 2.75 bits per heavy atom. The minimum absolute atomic E-state index is 0.105. The summed E-state index contributed by atoms with van der Waals surface area (Å²) in [6.07, 6.45) is 5.91. The molecule has 0 spiro atoms. The lowest BCUT2D eigenvalue weighted by Gasteiger charge is -2.29. The molecule has 0 saturated carbocycles. The molecular weight excluding hydrogens is 361 g/mol. The maximum atomic E-state index is 13.6. The van der Waals surface area contributed by atoms with Crippen LogP contribution in [0.1, 0.15) is 28.9 Å². The summed E-state index contributed by atoms with van der Waals surface area (Å²) < 4.78 is 17.0. The van der Waals surface area contributed by atoms with Crippen LogP contribution < -0.4 is 9.80 Å². The number of alkyl halides is 1. The number of hydrogen-bond acceptors (Lipinski definition) is 5. The van der Waals surface area contributed by atoms with Crippen LogP contribution >= 0.6 is 0 Å². The fraction of sp³-hybridized carbons (Fsp3) is 0.368. The third kappa shape index (κ3) is 2.83. The molecule has 3 aromatic heterocycles. The van der Waals surface area contributed by atoms with E-state index >= 15 is 0 Å². The highest BCUT2D eigenvalue weighted by atomic mass is 19.1. The summed E-state index contributed by atoms with van der Waals surface area (Å²) in [6, 6.07) is 5.58. The van der Waals surface area contributed by atoms with Gasteiger partial charge in [0.25, 0.3) is 5.91 Å². The van der Waals surface area contributed by atoms with E-state index < -0.39 is 6.17 Å². The number of carbonyl (C=O) groups is 1. The number of amides is 1. The molecule has 9 heteroatoms. The molecule has 1 amide bonds. The van der Waals surface area contributed by atoms with Crippen LogP contribution in [0.5, 0.6) is 0 Å². The Labute approximate surface area is 161 Å². The van der Waals surface area contributed by atoms with Crippen LogP contribution in [0.4, 0.5) is 16.0 Å². The second-order valence-electron chi connectivity index (χ2n) is 7.23. The third-order valence-corrected chi connectivity index (χ3v) is 5.23. The zero-order valence-electron chi connectivity index (χ0n) is 15.5. The first-order chi connectivity index (χ1) is 13.6. The smallest absolute Gasteiger partial charge is 0.263 e. The molecule has 0 radical (unpaired) electrons. The van der Waals surface area contributed by atoms with Gasteiger partial charge in [0.1, 0.15) is 12.0 Å². The molecule has 5 rings (SSSR count). The molecule has 28 heavy (non-hydrogen) atoms. The van der Waals surface area contributed by atoms with Gasteiger partial charge in [-0.3, -0.25) is 14.4 Å². The molecule has 1 atom stereocenters. The molecule has 0 N–H and O–H groups in total. The normalized spacial score (nSPS) is 19.4. The van der Waals surface area contributed by atoms with Crippen LogP contribution in [0.3, 0.4) is 0 Å². The maximum absolute atomic E-state index is 13.6. The number of fused-ring (bicyclic) bond motifs is 1. The van der Waals surface area contributed by atoms with Crippen LogP contribution in [-0.4, -0.2) is 49.7 Å². The average Bonchev–Trinajstić information content (AvgIpc) is 3.38. The van der Waals surface area contributed by atoms with E-state index in [9.17, 15) is 9.18 Å². The monoisotopic (exact) mass is 381 g/mol. The predicted molar refractivity (Wildman–Crippen MR) is 101 cm³/mol. The van der Waals surface area contributed by atoms with Crippen molar-refractivity contribution in [2.75, 3.05) is 22.9 Å². The van der Waals surface area contributed by atoms with Gasteiger partial charge in [-0.25, -0.2) is 14.1 Å². The third-order valence-electron chi connectivity index (χ3n) is 5.23. The number of halogens is 1. The highest BCUT2D eigenvalue weighted by Gasteiger charge is 2.33. The zero-order valence-corrected chi connectivity index (χ0v) is 15.5. The first-order valence-corrected chi connectivity index (χ1v) is 9.34. The minimum Gasteiger partial charge on any atom is -0.354 e. The summed E-state index contributed by atoms with van der Waals surface area (Å²) in [7, 11) is 1.82. The molecule has 1 saturated heterocycles. The molecule has 8 nitrogen and oxygen atoms in total. The summed E-state index contributed by atoms with van der Waals surface area (Å²) in [5.41, 5.74) is 2.06. The Morgan fingerprint density at radius 1 is 1.18 bits per heavy atom. The highest BCUT2D eigenvalue weighted by molar-refractivity contribution is 6.09. The van der Waals surface area contributed by atoms with Crippen LogP contribution in [0, 0.1) is 0 Å². The van der Waals surface area contributed by atoms with Gasteiger partial charge in [0.2, 0.25) is 0 Å². The van der Waals surface area contributed by atoms with E-state index in [2.05, 4.69) is 15.2 Å². The van der Waals surface area contributed by atoms with E-state index in [-0.39, 0.29) is 5.91 Å². The second kappa shape index (κ2) is 6.43. The van der Waals surface area contributed by atoms with Gasteiger partial charge in [0, 0.05) is 32.1 Å². The van der Waals surface area contributed by atoms with Crippen LogP contribution in [0.2, 0.25) is 0 Å². The molecule has 5 heterocycles. The van der Waals surface area contributed by atoms with E-state index in [4.69, 9.17) is 0 Å². The summed E-state index contributed by atoms with van der Waals surface area (Å²) in [6.45, 7) is 1.61. The number of nitrogens with zero attached hydrogens (tertiary/aromatic N) is 7. The van der Waals surface area contributed by atoms with Crippen molar-refractivity contribution in [2.45, 2.75) is 25.6 Å². The van der Waals surface area contributed by atoms with Crippen molar-refractivity contribution >= 4 is 17.5 Å². The summed E-state index contributed by atoms with van der Waals surface area (Å²) in [5, 5.41) is 8.85. The lowest BCUT2D eigenvalue weighted by atomic mass is 10.1. The highest BCUT2D eigenvalue weighted by Crippen LogP contribution is 2.27. The Balaban J connectivity index is 1.35. The van der Waals surface area contributed by atoms with Gasteiger partial charge in [0.05, 0.1) is 36.2 Å².